The van der Waals surface area contributed by atoms with E-state index in [0.717, 1.165) is 28.1 Å². The van der Waals surface area contributed by atoms with Gasteiger partial charge in [-0.3, -0.25) is 0 Å². The maximum Gasteiger partial charge on any atom is 0.119 e. The molecule has 0 unspecified atom stereocenters. The highest BCUT2D eigenvalue weighted by molar-refractivity contribution is 9.10. The minimum atomic E-state index is 0.602. The van der Waals surface area contributed by atoms with Gasteiger partial charge in [0.15, 0.2) is 0 Å². The molecule has 3 N–H and O–H groups in total. The molecule has 2 rings (SSSR count). The highest BCUT2D eigenvalue weighted by Gasteiger charge is 1.97. The van der Waals surface area contributed by atoms with E-state index in [9.17, 15) is 0 Å². The lowest BCUT2D eigenvalue weighted by molar-refractivity contribution is 0.333. The summed E-state index contributed by atoms with van der Waals surface area (Å²) in [6, 6.07) is 15.4. The first-order valence-corrected chi connectivity index (χ1v) is 6.52. The van der Waals surface area contributed by atoms with E-state index < -0.39 is 0 Å². The zero-order chi connectivity index (χ0) is 12.8. The quantitative estimate of drug-likeness (QED) is 0.656. The van der Waals surface area contributed by atoms with Crippen molar-refractivity contribution in [2.45, 2.75) is 0 Å². The number of para-hydroxylation sites is 1. The topological polar surface area (TPSA) is 47.3 Å². The van der Waals surface area contributed by atoms with Crippen molar-refractivity contribution in [3.63, 3.8) is 0 Å². The Morgan fingerprint density at radius 1 is 1.06 bits per heavy atom. The number of nitrogen functional groups attached to an aromatic ring is 1. The maximum absolute atomic E-state index is 5.60. The average Bonchev–Trinajstić information content (AvgIpc) is 2.39. The van der Waals surface area contributed by atoms with Crippen molar-refractivity contribution < 1.29 is 4.74 Å². The second kappa shape index (κ2) is 6.31. The number of benzene rings is 2. The number of hydrogen-bond acceptors (Lipinski definition) is 3. The third-order valence-corrected chi connectivity index (χ3v) is 3.13. The Balaban J connectivity index is 1.76. The van der Waals surface area contributed by atoms with Crippen LogP contribution in [-0.2, 0) is 0 Å². The molecule has 0 aromatic heterocycles. The van der Waals surface area contributed by atoms with Gasteiger partial charge in [0.2, 0.25) is 0 Å². The van der Waals surface area contributed by atoms with Crippen LogP contribution in [0.4, 0.5) is 11.4 Å². The minimum Gasteiger partial charge on any atom is -0.492 e. The maximum atomic E-state index is 5.60. The van der Waals surface area contributed by atoms with Crippen molar-refractivity contribution in [2.75, 3.05) is 24.2 Å². The predicted molar refractivity (Wildman–Crippen MR) is 79.0 cm³/mol. The van der Waals surface area contributed by atoms with Crippen molar-refractivity contribution >= 4 is 27.3 Å². The van der Waals surface area contributed by atoms with E-state index in [0.29, 0.717) is 6.61 Å². The summed E-state index contributed by atoms with van der Waals surface area (Å²) in [7, 11) is 0. The Hall–Kier alpha value is -1.68. The highest BCUT2D eigenvalue weighted by Crippen LogP contribution is 2.20. The minimum absolute atomic E-state index is 0.602. The van der Waals surface area contributed by atoms with Crippen molar-refractivity contribution in [3.05, 3.63) is 53.0 Å². The summed E-state index contributed by atoms with van der Waals surface area (Å²) in [6.45, 7) is 1.35. The van der Waals surface area contributed by atoms with E-state index in [-0.39, 0.29) is 0 Å². The number of rotatable bonds is 5. The number of ether oxygens (including phenoxy) is 1. The van der Waals surface area contributed by atoms with Crippen LogP contribution in [0.25, 0.3) is 0 Å². The second-order valence-electron chi connectivity index (χ2n) is 3.82. The van der Waals surface area contributed by atoms with E-state index in [1.807, 2.05) is 48.5 Å². The molecule has 0 amide bonds. The third kappa shape index (κ3) is 3.67. The molecule has 0 aliphatic rings. The Kier molecular flexibility index (Phi) is 4.47. The number of nitrogens with two attached hydrogens (primary N) is 1. The third-order valence-electron chi connectivity index (χ3n) is 2.44. The Bertz CT molecular complexity index is 499. The van der Waals surface area contributed by atoms with Gasteiger partial charge in [-0.1, -0.05) is 12.1 Å². The van der Waals surface area contributed by atoms with Gasteiger partial charge in [-0.15, -0.1) is 0 Å². The molecule has 0 bridgehead atoms. The van der Waals surface area contributed by atoms with Crippen LogP contribution in [0.2, 0.25) is 0 Å². The predicted octanol–water partition coefficient (Wildman–Crippen LogP) is 3.52. The smallest absolute Gasteiger partial charge is 0.119 e. The molecular weight excluding hydrogens is 292 g/mol. The summed E-state index contributed by atoms with van der Waals surface area (Å²) in [6.07, 6.45) is 0. The lowest BCUT2D eigenvalue weighted by Crippen LogP contribution is -2.11. The number of nitrogens with one attached hydrogen (secondary N) is 1. The first-order chi connectivity index (χ1) is 8.75. The summed E-state index contributed by atoms with van der Waals surface area (Å²) in [5, 5.41) is 3.30. The van der Waals surface area contributed by atoms with Crippen LogP contribution in [0.3, 0.4) is 0 Å². The molecule has 0 spiro atoms. The van der Waals surface area contributed by atoms with Crippen LogP contribution < -0.4 is 15.8 Å². The molecule has 2 aromatic rings. The Morgan fingerprint density at radius 3 is 2.50 bits per heavy atom. The molecule has 4 heteroatoms. The molecule has 0 aliphatic carbocycles. The molecule has 0 fully saturated rings. The first-order valence-electron chi connectivity index (χ1n) is 5.72. The van der Waals surface area contributed by atoms with Crippen LogP contribution >= 0.6 is 15.9 Å². The van der Waals surface area contributed by atoms with Crippen LogP contribution in [0.15, 0.2) is 53.0 Å². The summed E-state index contributed by atoms with van der Waals surface area (Å²) in [4.78, 5) is 0. The van der Waals surface area contributed by atoms with Gasteiger partial charge in [-0.05, 0) is 52.3 Å². The Labute approximate surface area is 115 Å². The molecule has 94 valence electrons. The average molecular weight is 307 g/mol. The van der Waals surface area contributed by atoms with Gasteiger partial charge in [-0.25, -0.2) is 0 Å². The molecule has 0 heterocycles. The van der Waals surface area contributed by atoms with E-state index in [1.54, 1.807) is 0 Å². The van der Waals surface area contributed by atoms with Crippen molar-refractivity contribution in [3.8, 4) is 5.75 Å². The van der Waals surface area contributed by atoms with E-state index in [4.69, 9.17) is 10.5 Å². The zero-order valence-corrected chi connectivity index (χ0v) is 11.5. The first kappa shape index (κ1) is 12.8. The van der Waals surface area contributed by atoms with Crippen LogP contribution in [-0.4, -0.2) is 13.2 Å². The normalized spacial score (nSPS) is 10.1. The fourth-order valence-corrected chi connectivity index (χ4v) is 1.95. The van der Waals surface area contributed by atoms with Crippen molar-refractivity contribution in [2.24, 2.45) is 0 Å². The fourth-order valence-electron chi connectivity index (χ4n) is 1.52. The lowest BCUT2D eigenvalue weighted by Gasteiger charge is -2.09. The van der Waals surface area contributed by atoms with Crippen LogP contribution in [0.5, 0.6) is 5.75 Å². The van der Waals surface area contributed by atoms with Gasteiger partial charge in [0.05, 0.1) is 0 Å². The second-order valence-corrected chi connectivity index (χ2v) is 4.68. The summed E-state index contributed by atoms with van der Waals surface area (Å²) in [5.74, 6) is 0.832. The van der Waals surface area contributed by atoms with Gasteiger partial charge in [0, 0.05) is 22.4 Å². The Morgan fingerprint density at radius 2 is 1.78 bits per heavy atom. The molecule has 0 radical (unpaired) electrons. The van der Waals surface area contributed by atoms with E-state index in [1.165, 1.54) is 0 Å². The van der Waals surface area contributed by atoms with Gasteiger partial charge < -0.3 is 15.8 Å². The van der Waals surface area contributed by atoms with Crippen molar-refractivity contribution in [1.29, 1.82) is 0 Å². The standard InChI is InChI=1S/C14H15BrN2O/c15-13-3-1-2-4-14(13)17-9-10-18-12-7-5-11(16)6-8-12/h1-8,17H,9-10,16H2. The van der Waals surface area contributed by atoms with Gasteiger partial charge in [-0.2, -0.15) is 0 Å². The van der Waals surface area contributed by atoms with Gasteiger partial charge >= 0.3 is 0 Å². The molecule has 0 saturated heterocycles. The van der Waals surface area contributed by atoms with Crippen LogP contribution in [0, 0.1) is 0 Å². The van der Waals surface area contributed by atoms with Crippen molar-refractivity contribution in [1.82, 2.24) is 0 Å². The summed E-state index contributed by atoms with van der Waals surface area (Å²) >= 11 is 3.48. The number of halogens is 1. The molecule has 0 atom stereocenters. The zero-order valence-electron chi connectivity index (χ0n) is 9.90. The molecule has 2 aromatic carbocycles. The molecular formula is C14H15BrN2O. The van der Waals surface area contributed by atoms with Gasteiger partial charge in [0.25, 0.3) is 0 Å². The molecule has 0 saturated carbocycles. The van der Waals surface area contributed by atoms with Crippen LogP contribution in [0.1, 0.15) is 0 Å². The highest BCUT2D eigenvalue weighted by atomic mass is 79.9. The van der Waals surface area contributed by atoms with E-state index >= 15 is 0 Å². The monoisotopic (exact) mass is 306 g/mol. The SMILES string of the molecule is Nc1ccc(OCCNc2ccccc2Br)cc1. The van der Waals surface area contributed by atoms with E-state index in [2.05, 4.69) is 21.2 Å². The molecule has 0 aliphatic heterocycles. The number of anilines is 2. The molecule has 3 nitrogen and oxygen atoms in total. The largest absolute Gasteiger partial charge is 0.492 e. The number of hydrogen-bond donors (Lipinski definition) is 2. The lowest BCUT2D eigenvalue weighted by atomic mass is 10.3. The fraction of sp³-hybridized carbons (Fsp3) is 0.143. The summed E-state index contributed by atoms with van der Waals surface area (Å²) < 4.78 is 6.64. The van der Waals surface area contributed by atoms with Gasteiger partial charge in [0.1, 0.15) is 12.4 Å². The molecule has 18 heavy (non-hydrogen) atoms. The summed E-state index contributed by atoms with van der Waals surface area (Å²) in [5.41, 5.74) is 7.41.